The van der Waals surface area contributed by atoms with Gasteiger partial charge in [0.15, 0.2) is 0 Å². The smallest absolute Gasteiger partial charge is 0.229 e. The van der Waals surface area contributed by atoms with Gasteiger partial charge in [-0.15, -0.1) is 0 Å². The van der Waals surface area contributed by atoms with Crippen LogP contribution in [-0.2, 0) is 20.8 Å². The van der Waals surface area contributed by atoms with Gasteiger partial charge in [0.05, 0.1) is 11.6 Å². The quantitative estimate of drug-likeness (QED) is 0.711. The number of nitrogens with zero attached hydrogens (tertiary/aromatic N) is 2. The monoisotopic (exact) mass is 413 g/mol. The van der Waals surface area contributed by atoms with Gasteiger partial charge in [0.1, 0.15) is 0 Å². The molecular weight excluding hydrogens is 390 g/mol. The van der Waals surface area contributed by atoms with Crippen LogP contribution in [0.25, 0.3) is 10.8 Å². The maximum Gasteiger partial charge on any atom is 0.229 e. The molecule has 1 N–H and O–H groups in total. The van der Waals surface area contributed by atoms with Gasteiger partial charge in [0.25, 0.3) is 0 Å². The summed E-state index contributed by atoms with van der Waals surface area (Å²) >= 11 is 0. The Morgan fingerprint density at radius 1 is 1.00 bits per heavy atom. The number of hydrogen-bond acceptors (Lipinski definition) is 3. The highest BCUT2D eigenvalue weighted by Crippen LogP contribution is 2.33. The van der Waals surface area contributed by atoms with Crippen molar-refractivity contribution in [2.75, 3.05) is 28.2 Å². The van der Waals surface area contributed by atoms with Crippen LogP contribution in [0.15, 0.2) is 60.7 Å². The fourth-order valence-corrected chi connectivity index (χ4v) is 4.61. The van der Waals surface area contributed by atoms with E-state index in [1.54, 1.807) is 16.7 Å². The van der Waals surface area contributed by atoms with Crippen LogP contribution >= 0.6 is 0 Å². The number of fused-ring (bicyclic) bond motifs is 2. The van der Waals surface area contributed by atoms with Crippen molar-refractivity contribution in [3.05, 3.63) is 66.2 Å². The lowest BCUT2D eigenvalue weighted by Gasteiger charge is -2.19. The minimum absolute atomic E-state index is 0.0218. The van der Waals surface area contributed by atoms with E-state index in [0.717, 1.165) is 34.1 Å². The Hall–Kier alpha value is -3.67. The molecule has 2 aliphatic rings. The van der Waals surface area contributed by atoms with Crippen LogP contribution in [0.1, 0.15) is 18.9 Å². The van der Waals surface area contributed by atoms with Crippen molar-refractivity contribution in [2.45, 2.75) is 19.8 Å². The fourth-order valence-electron chi connectivity index (χ4n) is 4.61. The van der Waals surface area contributed by atoms with Crippen molar-refractivity contribution in [1.29, 1.82) is 0 Å². The average molecular weight is 413 g/mol. The van der Waals surface area contributed by atoms with Crippen LogP contribution in [0.3, 0.4) is 0 Å². The van der Waals surface area contributed by atoms with Crippen LogP contribution in [0, 0.1) is 5.92 Å². The number of carbonyl (C=O) groups excluding carboxylic acids is 3. The maximum atomic E-state index is 12.9. The molecule has 6 nitrogen and oxygen atoms in total. The van der Waals surface area contributed by atoms with Crippen molar-refractivity contribution in [3.63, 3.8) is 0 Å². The molecule has 0 bridgehead atoms. The largest absolute Gasteiger partial charge is 0.326 e. The molecule has 0 spiro atoms. The second-order valence-electron chi connectivity index (χ2n) is 8.16. The normalized spacial score (nSPS) is 17.8. The molecule has 3 aromatic rings. The number of benzene rings is 3. The minimum atomic E-state index is -0.409. The summed E-state index contributed by atoms with van der Waals surface area (Å²) in [6, 6.07) is 19.5. The summed E-state index contributed by atoms with van der Waals surface area (Å²) in [6.07, 6.45) is 0.966. The molecule has 0 aromatic heterocycles. The molecule has 1 atom stereocenters. The first-order valence-electron chi connectivity index (χ1n) is 10.5. The molecule has 156 valence electrons. The van der Waals surface area contributed by atoms with E-state index in [-0.39, 0.29) is 24.1 Å². The van der Waals surface area contributed by atoms with E-state index < -0.39 is 5.92 Å². The number of amides is 3. The summed E-state index contributed by atoms with van der Waals surface area (Å²) in [6.45, 7) is 2.59. The van der Waals surface area contributed by atoms with E-state index in [1.807, 2.05) is 60.7 Å². The van der Waals surface area contributed by atoms with Crippen molar-refractivity contribution in [1.82, 2.24) is 0 Å². The highest BCUT2D eigenvalue weighted by Gasteiger charge is 2.36. The Kier molecular flexibility index (Phi) is 4.70. The van der Waals surface area contributed by atoms with Gasteiger partial charge in [-0.1, -0.05) is 36.4 Å². The van der Waals surface area contributed by atoms with Crippen LogP contribution in [-0.4, -0.2) is 30.8 Å². The Labute approximate surface area is 180 Å². The lowest BCUT2D eigenvalue weighted by atomic mass is 10.1. The van der Waals surface area contributed by atoms with Crippen LogP contribution in [0.2, 0.25) is 0 Å². The molecule has 5 rings (SSSR count). The molecule has 3 amide bonds. The van der Waals surface area contributed by atoms with Gasteiger partial charge in [-0.2, -0.15) is 0 Å². The Bertz CT molecular complexity index is 1210. The third-order valence-electron chi connectivity index (χ3n) is 6.18. The van der Waals surface area contributed by atoms with Gasteiger partial charge in [0, 0.05) is 43.2 Å². The van der Waals surface area contributed by atoms with Gasteiger partial charge in [-0.05, 0) is 41.6 Å². The molecule has 1 fully saturated rings. The molecule has 0 aliphatic carbocycles. The summed E-state index contributed by atoms with van der Waals surface area (Å²) in [5.41, 5.74) is 3.50. The minimum Gasteiger partial charge on any atom is -0.326 e. The third-order valence-corrected chi connectivity index (χ3v) is 6.18. The molecular formula is C25H23N3O3. The Morgan fingerprint density at radius 2 is 1.81 bits per heavy atom. The average Bonchev–Trinajstić information content (AvgIpc) is 3.36. The highest BCUT2D eigenvalue weighted by atomic mass is 16.2. The first kappa shape index (κ1) is 19.3. The van der Waals surface area contributed by atoms with Crippen LogP contribution in [0.5, 0.6) is 0 Å². The molecule has 0 radical (unpaired) electrons. The molecule has 2 aliphatic heterocycles. The highest BCUT2D eigenvalue weighted by molar-refractivity contribution is 6.08. The Morgan fingerprint density at radius 3 is 2.65 bits per heavy atom. The number of nitrogens with one attached hydrogen (secondary N) is 1. The molecule has 1 saturated heterocycles. The number of carbonyl (C=O) groups is 3. The fraction of sp³-hybridized carbons (Fsp3) is 0.240. The lowest BCUT2D eigenvalue weighted by molar-refractivity contribution is -0.122. The van der Waals surface area contributed by atoms with Crippen molar-refractivity contribution in [2.24, 2.45) is 5.92 Å². The maximum absolute atomic E-state index is 12.9. The van der Waals surface area contributed by atoms with Crippen LogP contribution < -0.4 is 15.1 Å². The van der Waals surface area contributed by atoms with Gasteiger partial charge in [-0.25, -0.2) is 0 Å². The summed E-state index contributed by atoms with van der Waals surface area (Å²) < 4.78 is 0. The lowest BCUT2D eigenvalue weighted by Crippen LogP contribution is -2.28. The van der Waals surface area contributed by atoms with Gasteiger partial charge in [0.2, 0.25) is 17.7 Å². The second kappa shape index (κ2) is 7.54. The van der Waals surface area contributed by atoms with E-state index in [1.165, 1.54) is 0 Å². The predicted molar refractivity (Wildman–Crippen MR) is 121 cm³/mol. The summed E-state index contributed by atoms with van der Waals surface area (Å²) in [5, 5.41) is 5.04. The van der Waals surface area contributed by atoms with E-state index in [9.17, 15) is 14.4 Å². The Balaban J connectivity index is 1.32. The number of rotatable bonds is 3. The molecule has 0 saturated carbocycles. The van der Waals surface area contributed by atoms with Gasteiger partial charge in [-0.3, -0.25) is 14.4 Å². The summed E-state index contributed by atoms with van der Waals surface area (Å²) in [4.78, 5) is 40.9. The van der Waals surface area contributed by atoms with Crippen molar-refractivity contribution in [3.8, 4) is 0 Å². The number of hydrogen-bond donors (Lipinski definition) is 1. The predicted octanol–water partition coefficient (Wildman–Crippen LogP) is 3.74. The number of anilines is 3. The van der Waals surface area contributed by atoms with Gasteiger partial charge >= 0.3 is 0 Å². The van der Waals surface area contributed by atoms with Crippen molar-refractivity contribution < 1.29 is 14.4 Å². The van der Waals surface area contributed by atoms with E-state index in [0.29, 0.717) is 18.8 Å². The zero-order valence-corrected chi connectivity index (χ0v) is 17.3. The third kappa shape index (κ3) is 3.44. The first-order valence-corrected chi connectivity index (χ1v) is 10.5. The SMILES string of the molecule is CC(=O)N1CCc2cc(NC(=O)C3CC(=O)N(c4cccc5ccccc45)C3)ccc21. The van der Waals surface area contributed by atoms with E-state index in [4.69, 9.17) is 0 Å². The zero-order valence-electron chi connectivity index (χ0n) is 17.3. The molecule has 3 aromatic carbocycles. The van der Waals surface area contributed by atoms with E-state index >= 15 is 0 Å². The van der Waals surface area contributed by atoms with Gasteiger partial charge < -0.3 is 15.1 Å². The molecule has 2 heterocycles. The topological polar surface area (TPSA) is 69.7 Å². The zero-order chi connectivity index (χ0) is 21.5. The molecule has 1 unspecified atom stereocenters. The second-order valence-corrected chi connectivity index (χ2v) is 8.16. The first-order chi connectivity index (χ1) is 15.0. The van der Waals surface area contributed by atoms with Crippen LogP contribution in [0.4, 0.5) is 17.1 Å². The summed E-state index contributed by atoms with van der Waals surface area (Å²) in [7, 11) is 0. The summed E-state index contributed by atoms with van der Waals surface area (Å²) in [5.74, 6) is -0.581. The molecule has 31 heavy (non-hydrogen) atoms. The molecule has 6 heteroatoms. The van der Waals surface area contributed by atoms with E-state index in [2.05, 4.69) is 5.32 Å². The standard InChI is InChI=1S/C25H23N3O3/c1-16(29)27-12-11-18-13-20(9-10-22(18)27)26-25(31)19-14-24(30)28(15-19)23-8-4-6-17-5-2-3-7-21(17)23/h2-10,13,19H,11-12,14-15H2,1H3,(H,26,31). The van der Waals surface area contributed by atoms with Crippen molar-refractivity contribution >= 4 is 45.6 Å².